The van der Waals surface area contributed by atoms with Crippen LogP contribution in [0.3, 0.4) is 0 Å². The Hall–Kier alpha value is -2.14. The highest BCUT2D eigenvalue weighted by atomic mass is 16.2. The van der Waals surface area contributed by atoms with Crippen LogP contribution in [0.2, 0.25) is 0 Å². The van der Waals surface area contributed by atoms with E-state index in [0.717, 1.165) is 25.3 Å². The Kier molecular flexibility index (Phi) is 4.76. The Labute approximate surface area is 137 Å². The zero-order chi connectivity index (χ0) is 16.2. The van der Waals surface area contributed by atoms with Gasteiger partial charge in [0.05, 0.1) is 12.0 Å². The number of benzene rings is 1. The summed E-state index contributed by atoms with van der Waals surface area (Å²) in [5.74, 6) is 0.576. The van der Waals surface area contributed by atoms with E-state index in [9.17, 15) is 4.79 Å². The molecule has 5 nitrogen and oxygen atoms in total. The van der Waals surface area contributed by atoms with Crippen LogP contribution in [0.15, 0.2) is 36.7 Å². The van der Waals surface area contributed by atoms with Crippen molar-refractivity contribution >= 4 is 5.91 Å². The maximum Gasteiger partial charge on any atom is 0.269 e. The Morgan fingerprint density at radius 1 is 1.35 bits per heavy atom. The van der Waals surface area contributed by atoms with Gasteiger partial charge in [-0.2, -0.15) is 0 Å². The maximum atomic E-state index is 12.2. The fraction of sp³-hybridized carbons (Fsp3) is 0.444. The normalized spacial score (nSPS) is 18.3. The number of amides is 1. The second kappa shape index (κ2) is 6.96. The fourth-order valence-electron chi connectivity index (χ4n) is 3.32. The lowest BCUT2D eigenvalue weighted by Gasteiger charge is -2.16. The van der Waals surface area contributed by atoms with Crippen molar-refractivity contribution in [3.63, 3.8) is 0 Å². The molecule has 1 amide bonds. The van der Waals surface area contributed by atoms with Crippen LogP contribution in [0.25, 0.3) is 0 Å². The molecule has 1 aromatic carbocycles. The molecule has 122 valence electrons. The van der Waals surface area contributed by atoms with Gasteiger partial charge in [-0.05, 0) is 31.4 Å². The van der Waals surface area contributed by atoms with E-state index in [1.807, 2.05) is 14.0 Å². The summed E-state index contributed by atoms with van der Waals surface area (Å²) < 4.78 is 1.77. The van der Waals surface area contributed by atoms with Gasteiger partial charge < -0.3 is 14.8 Å². The molecule has 3 rings (SSSR count). The molecule has 1 unspecified atom stereocenters. The van der Waals surface area contributed by atoms with Gasteiger partial charge in [0, 0.05) is 26.7 Å². The third-order valence-electron chi connectivity index (χ3n) is 4.59. The standard InChI is InChI=1S/C18H24N4O/c1-14-17(21(2)13-20-14)18(23)19-9-11-22-10-8-16(12-22)15-6-4-3-5-7-15/h3-7,13,16H,8-12H2,1-2H3,(H,19,23). The van der Waals surface area contributed by atoms with Gasteiger partial charge in [-0.1, -0.05) is 30.3 Å². The molecule has 0 aliphatic carbocycles. The minimum Gasteiger partial charge on any atom is -0.349 e. The molecule has 0 bridgehead atoms. The smallest absolute Gasteiger partial charge is 0.269 e. The third-order valence-corrected chi connectivity index (χ3v) is 4.59. The lowest BCUT2D eigenvalue weighted by Crippen LogP contribution is -2.34. The molecule has 0 spiro atoms. The van der Waals surface area contributed by atoms with Crippen LogP contribution in [0.1, 0.15) is 34.1 Å². The van der Waals surface area contributed by atoms with Gasteiger partial charge in [0.15, 0.2) is 0 Å². The number of carbonyl (C=O) groups is 1. The van der Waals surface area contributed by atoms with Crippen LogP contribution in [0, 0.1) is 6.92 Å². The molecule has 2 aromatic rings. The number of carbonyl (C=O) groups excluding carboxylic acids is 1. The number of aryl methyl sites for hydroxylation is 2. The summed E-state index contributed by atoms with van der Waals surface area (Å²) in [7, 11) is 1.85. The van der Waals surface area contributed by atoms with Crippen LogP contribution >= 0.6 is 0 Å². The van der Waals surface area contributed by atoms with Crippen LogP contribution in [0.4, 0.5) is 0 Å². The van der Waals surface area contributed by atoms with Crippen LogP contribution in [0.5, 0.6) is 0 Å². The molecule has 1 aliphatic rings. The number of likely N-dealkylation sites (tertiary alicyclic amines) is 1. The van der Waals surface area contributed by atoms with Crippen LogP contribution < -0.4 is 5.32 Å². The molecule has 1 fully saturated rings. The number of rotatable bonds is 5. The first-order valence-corrected chi connectivity index (χ1v) is 8.18. The number of aromatic nitrogens is 2. The molecule has 1 saturated heterocycles. The van der Waals surface area contributed by atoms with Crippen molar-refractivity contribution in [2.24, 2.45) is 7.05 Å². The summed E-state index contributed by atoms with van der Waals surface area (Å²) in [6, 6.07) is 10.7. The highest BCUT2D eigenvalue weighted by Crippen LogP contribution is 2.26. The van der Waals surface area contributed by atoms with Crippen molar-refractivity contribution in [1.82, 2.24) is 19.8 Å². The first-order chi connectivity index (χ1) is 11.1. The zero-order valence-electron chi connectivity index (χ0n) is 13.8. The lowest BCUT2D eigenvalue weighted by molar-refractivity contribution is 0.0941. The van der Waals surface area contributed by atoms with Crippen LogP contribution in [-0.4, -0.2) is 46.5 Å². The highest BCUT2D eigenvalue weighted by Gasteiger charge is 2.23. The lowest BCUT2D eigenvalue weighted by atomic mass is 9.99. The van der Waals surface area contributed by atoms with Crippen molar-refractivity contribution in [3.8, 4) is 0 Å². The van der Waals surface area contributed by atoms with Gasteiger partial charge in [-0.15, -0.1) is 0 Å². The fourth-order valence-corrected chi connectivity index (χ4v) is 3.32. The van der Waals surface area contributed by atoms with E-state index in [2.05, 4.69) is 45.5 Å². The molecule has 1 atom stereocenters. The number of imidazole rings is 1. The van der Waals surface area contributed by atoms with E-state index in [0.29, 0.717) is 18.2 Å². The first-order valence-electron chi connectivity index (χ1n) is 8.18. The summed E-state index contributed by atoms with van der Waals surface area (Å²) in [4.78, 5) is 18.8. The molecule has 1 N–H and O–H groups in total. The number of nitrogens with one attached hydrogen (secondary N) is 1. The van der Waals surface area contributed by atoms with E-state index in [4.69, 9.17) is 0 Å². The van der Waals surface area contributed by atoms with Crippen molar-refractivity contribution in [2.75, 3.05) is 26.2 Å². The first kappa shape index (κ1) is 15.7. The maximum absolute atomic E-state index is 12.2. The minimum absolute atomic E-state index is 0.0405. The Morgan fingerprint density at radius 3 is 2.83 bits per heavy atom. The average molecular weight is 312 g/mol. The summed E-state index contributed by atoms with van der Waals surface area (Å²) in [6.07, 6.45) is 2.87. The van der Waals surface area contributed by atoms with Gasteiger partial charge in [0.1, 0.15) is 5.69 Å². The second-order valence-electron chi connectivity index (χ2n) is 6.24. The van der Waals surface area contributed by atoms with E-state index >= 15 is 0 Å². The number of nitrogens with zero attached hydrogens (tertiary/aromatic N) is 3. The van der Waals surface area contributed by atoms with E-state index < -0.39 is 0 Å². The molecular formula is C18H24N4O. The molecule has 23 heavy (non-hydrogen) atoms. The van der Waals surface area contributed by atoms with Gasteiger partial charge in [0.2, 0.25) is 0 Å². The highest BCUT2D eigenvalue weighted by molar-refractivity contribution is 5.93. The van der Waals surface area contributed by atoms with E-state index in [1.54, 1.807) is 10.9 Å². The quantitative estimate of drug-likeness (QED) is 0.918. The topological polar surface area (TPSA) is 50.2 Å². The van der Waals surface area contributed by atoms with Crippen LogP contribution in [-0.2, 0) is 7.05 Å². The molecule has 1 aliphatic heterocycles. The van der Waals surface area contributed by atoms with Gasteiger partial charge in [0.25, 0.3) is 5.91 Å². The predicted octanol–water partition coefficient (Wildman–Crippen LogP) is 1.95. The molecule has 0 saturated carbocycles. The molecule has 1 aromatic heterocycles. The van der Waals surface area contributed by atoms with Gasteiger partial charge in [-0.3, -0.25) is 4.79 Å². The summed E-state index contributed by atoms with van der Waals surface area (Å²) >= 11 is 0. The Balaban J connectivity index is 1.46. The zero-order valence-corrected chi connectivity index (χ0v) is 13.8. The summed E-state index contributed by atoms with van der Waals surface area (Å²) in [6.45, 7) is 5.60. The number of hydrogen-bond acceptors (Lipinski definition) is 3. The monoisotopic (exact) mass is 312 g/mol. The van der Waals surface area contributed by atoms with Gasteiger partial charge in [-0.25, -0.2) is 4.98 Å². The number of hydrogen-bond donors (Lipinski definition) is 1. The molecular weight excluding hydrogens is 288 g/mol. The minimum atomic E-state index is -0.0405. The summed E-state index contributed by atoms with van der Waals surface area (Å²) in [5, 5.41) is 3.01. The Bertz CT molecular complexity index is 645. The SMILES string of the molecule is Cc1ncn(C)c1C(=O)NCCN1CCC(c2ccccc2)C1. The summed E-state index contributed by atoms with van der Waals surface area (Å²) in [5.41, 5.74) is 2.84. The van der Waals surface area contributed by atoms with Gasteiger partial charge >= 0.3 is 0 Å². The van der Waals surface area contributed by atoms with Crippen molar-refractivity contribution in [1.29, 1.82) is 0 Å². The third kappa shape index (κ3) is 3.62. The molecule has 5 heteroatoms. The van der Waals surface area contributed by atoms with Crippen molar-refractivity contribution in [2.45, 2.75) is 19.3 Å². The van der Waals surface area contributed by atoms with E-state index in [-0.39, 0.29) is 5.91 Å². The largest absolute Gasteiger partial charge is 0.349 e. The second-order valence-corrected chi connectivity index (χ2v) is 6.24. The molecule has 2 heterocycles. The predicted molar refractivity (Wildman–Crippen MR) is 90.5 cm³/mol. The van der Waals surface area contributed by atoms with Crippen molar-refractivity contribution in [3.05, 3.63) is 53.6 Å². The van der Waals surface area contributed by atoms with Crippen molar-refractivity contribution < 1.29 is 4.79 Å². The molecule has 0 radical (unpaired) electrons. The Morgan fingerprint density at radius 2 is 2.13 bits per heavy atom. The van der Waals surface area contributed by atoms with E-state index in [1.165, 1.54) is 12.0 Å². The average Bonchev–Trinajstić information content (AvgIpc) is 3.15.